The fourth-order valence-electron chi connectivity index (χ4n) is 3.66. The van der Waals surface area contributed by atoms with Crippen molar-refractivity contribution in [2.24, 2.45) is 5.92 Å². The van der Waals surface area contributed by atoms with Crippen LogP contribution in [0.4, 0.5) is 0 Å². The van der Waals surface area contributed by atoms with Gasteiger partial charge in [0.05, 0.1) is 0 Å². The van der Waals surface area contributed by atoms with Gasteiger partial charge in [-0.25, -0.2) is 0 Å². The third-order valence-electron chi connectivity index (χ3n) is 4.52. The lowest BCUT2D eigenvalue weighted by Gasteiger charge is -2.32. The number of likely N-dealkylation sites (tertiary alicyclic amines) is 1. The lowest BCUT2D eigenvalue weighted by Crippen LogP contribution is -2.42. The first-order valence-corrected chi connectivity index (χ1v) is 8.61. The maximum absolute atomic E-state index is 11.4. The van der Waals surface area contributed by atoms with Gasteiger partial charge in [0, 0.05) is 6.04 Å². The molecule has 2 rings (SSSR count). The van der Waals surface area contributed by atoms with Crippen LogP contribution in [0.1, 0.15) is 44.9 Å². The van der Waals surface area contributed by atoms with Crippen molar-refractivity contribution in [3.8, 4) is 0 Å². The highest BCUT2D eigenvalue weighted by atomic mass is 32.2. The molecule has 4 heteroatoms. The van der Waals surface area contributed by atoms with Gasteiger partial charge in [0.25, 0.3) is 0 Å². The molecule has 0 aromatic carbocycles. The SMILES string of the molecule is CSCCCCN1C(C(=O)O)CC2CCCCC21. The smallest absolute Gasteiger partial charge is 0.320 e. The van der Waals surface area contributed by atoms with Gasteiger partial charge in [-0.15, -0.1) is 0 Å². The van der Waals surface area contributed by atoms with E-state index in [2.05, 4.69) is 11.2 Å². The molecule has 1 saturated heterocycles. The topological polar surface area (TPSA) is 40.5 Å². The van der Waals surface area contributed by atoms with E-state index in [1.807, 2.05) is 11.8 Å². The molecule has 2 aliphatic rings. The van der Waals surface area contributed by atoms with Crippen LogP contribution in [0.2, 0.25) is 0 Å². The summed E-state index contributed by atoms with van der Waals surface area (Å²) >= 11 is 1.88. The van der Waals surface area contributed by atoms with Crippen LogP contribution in [0.25, 0.3) is 0 Å². The molecule has 0 bridgehead atoms. The van der Waals surface area contributed by atoms with E-state index in [1.165, 1.54) is 37.9 Å². The van der Waals surface area contributed by atoms with Gasteiger partial charge in [0.2, 0.25) is 0 Å². The number of nitrogens with zero attached hydrogens (tertiary/aromatic N) is 1. The van der Waals surface area contributed by atoms with Crippen LogP contribution < -0.4 is 0 Å². The average molecular weight is 271 g/mol. The van der Waals surface area contributed by atoms with Gasteiger partial charge < -0.3 is 5.11 Å². The van der Waals surface area contributed by atoms with Gasteiger partial charge >= 0.3 is 5.97 Å². The summed E-state index contributed by atoms with van der Waals surface area (Å²) in [4.78, 5) is 13.7. The lowest BCUT2D eigenvalue weighted by atomic mass is 9.85. The molecule has 104 valence electrons. The maximum Gasteiger partial charge on any atom is 0.320 e. The van der Waals surface area contributed by atoms with Crippen LogP contribution in [0.15, 0.2) is 0 Å². The number of unbranched alkanes of at least 4 members (excludes halogenated alkanes) is 1. The Morgan fingerprint density at radius 2 is 2.11 bits per heavy atom. The second kappa shape index (κ2) is 6.80. The fraction of sp³-hybridized carbons (Fsp3) is 0.929. The van der Waals surface area contributed by atoms with E-state index in [0.29, 0.717) is 12.0 Å². The number of carbonyl (C=O) groups is 1. The van der Waals surface area contributed by atoms with Crippen LogP contribution in [-0.2, 0) is 4.79 Å². The van der Waals surface area contributed by atoms with E-state index in [4.69, 9.17) is 0 Å². The standard InChI is InChI=1S/C14H25NO2S/c1-18-9-5-4-8-15-12-7-3-2-6-11(12)10-13(15)14(16)17/h11-13H,2-10H2,1H3,(H,16,17). The summed E-state index contributed by atoms with van der Waals surface area (Å²) < 4.78 is 0. The summed E-state index contributed by atoms with van der Waals surface area (Å²) in [6.45, 7) is 0.985. The predicted octanol–water partition coefficient (Wildman–Crippen LogP) is 2.85. The third-order valence-corrected chi connectivity index (χ3v) is 5.22. The number of thioether (sulfide) groups is 1. The molecule has 0 aromatic heterocycles. The Morgan fingerprint density at radius 1 is 1.33 bits per heavy atom. The summed E-state index contributed by atoms with van der Waals surface area (Å²) in [6.07, 6.45) is 10.4. The van der Waals surface area contributed by atoms with Crippen LogP contribution in [0, 0.1) is 5.92 Å². The van der Waals surface area contributed by atoms with E-state index in [1.54, 1.807) is 0 Å². The molecule has 1 saturated carbocycles. The molecule has 1 heterocycles. The molecule has 3 unspecified atom stereocenters. The zero-order valence-electron chi connectivity index (χ0n) is 11.3. The van der Waals surface area contributed by atoms with Crippen molar-refractivity contribution in [2.45, 2.75) is 57.0 Å². The highest BCUT2D eigenvalue weighted by Crippen LogP contribution is 2.39. The van der Waals surface area contributed by atoms with Gasteiger partial charge in [-0.2, -0.15) is 11.8 Å². The first-order chi connectivity index (χ1) is 8.74. The quantitative estimate of drug-likeness (QED) is 0.754. The van der Waals surface area contributed by atoms with Crippen molar-refractivity contribution < 1.29 is 9.90 Å². The van der Waals surface area contributed by atoms with Gasteiger partial charge in [-0.05, 0) is 56.6 Å². The van der Waals surface area contributed by atoms with Crippen molar-refractivity contribution in [2.75, 3.05) is 18.6 Å². The number of rotatable bonds is 6. The molecule has 0 aromatic rings. The minimum atomic E-state index is -0.603. The second-order valence-electron chi connectivity index (χ2n) is 5.64. The molecule has 1 aliphatic heterocycles. The Morgan fingerprint density at radius 3 is 2.83 bits per heavy atom. The Kier molecular flexibility index (Phi) is 5.37. The monoisotopic (exact) mass is 271 g/mol. The fourth-order valence-corrected chi connectivity index (χ4v) is 4.15. The molecule has 1 aliphatic carbocycles. The number of carboxylic acids is 1. The largest absolute Gasteiger partial charge is 0.480 e. The number of hydrogen-bond acceptors (Lipinski definition) is 3. The summed E-state index contributed by atoms with van der Waals surface area (Å²) in [5.74, 6) is 1.24. The van der Waals surface area contributed by atoms with Crippen molar-refractivity contribution in [1.29, 1.82) is 0 Å². The highest BCUT2D eigenvalue weighted by Gasteiger charge is 2.44. The Bertz CT molecular complexity index is 285. The summed E-state index contributed by atoms with van der Waals surface area (Å²) in [5.41, 5.74) is 0. The van der Waals surface area contributed by atoms with Gasteiger partial charge in [-0.1, -0.05) is 12.8 Å². The minimum absolute atomic E-state index is 0.202. The number of fused-ring (bicyclic) bond motifs is 1. The third kappa shape index (κ3) is 3.21. The number of aliphatic carboxylic acids is 1. The summed E-state index contributed by atoms with van der Waals surface area (Å²) in [7, 11) is 0. The Balaban J connectivity index is 1.91. The number of carboxylic acid groups (broad SMARTS) is 1. The van der Waals surface area contributed by atoms with E-state index in [9.17, 15) is 9.90 Å². The average Bonchev–Trinajstić information content (AvgIpc) is 2.74. The highest BCUT2D eigenvalue weighted by molar-refractivity contribution is 7.98. The van der Waals surface area contributed by atoms with Crippen molar-refractivity contribution in [3.63, 3.8) is 0 Å². The maximum atomic E-state index is 11.4. The molecule has 3 nitrogen and oxygen atoms in total. The predicted molar refractivity (Wildman–Crippen MR) is 76.1 cm³/mol. The van der Waals surface area contributed by atoms with Crippen LogP contribution in [-0.4, -0.2) is 46.6 Å². The molecule has 1 N–H and O–H groups in total. The van der Waals surface area contributed by atoms with Gasteiger partial charge in [-0.3, -0.25) is 9.69 Å². The van der Waals surface area contributed by atoms with Crippen LogP contribution >= 0.6 is 11.8 Å². The first kappa shape index (κ1) is 14.2. The molecule has 0 spiro atoms. The number of hydrogen-bond donors (Lipinski definition) is 1. The normalized spacial score (nSPS) is 32.4. The van der Waals surface area contributed by atoms with Gasteiger partial charge in [0.15, 0.2) is 0 Å². The minimum Gasteiger partial charge on any atom is -0.480 e. The molecule has 3 atom stereocenters. The first-order valence-electron chi connectivity index (χ1n) is 7.21. The molecular formula is C14H25NO2S. The molecule has 0 radical (unpaired) electrons. The Labute approximate surface area is 114 Å². The zero-order valence-corrected chi connectivity index (χ0v) is 12.1. The second-order valence-corrected chi connectivity index (χ2v) is 6.62. The van der Waals surface area contributed by atoms with Crippen molar-refractivity contribution in [3.05, 3.63) is 0 Å². The van der Waals surface area contributed by atoms with E-state index >= 15 is 0 Å². The van der Waals surface area contributed by atoms with E-state index in [0.717, 1.165) is 19.4 Å². The molecule has 18 heavy (non-hydrogen) atoms. The van der Waals surface area contributed by atoms with Crippen molar-refractivity contribution in [1.82, 2.24) is 4.90 Å². The molecule has 2 fully saturated rings. The van der Waals surface area contributed by atoms with Gasteiger partial charge in [0.1, 0.15) is 6.04 Å². The van der Waals surface area contributed by atoms with E-state index in [-0.39, 0.29) is 6.04 Å². The van der Waals surface area contributed by atoms with E-state index < -0.39 is 5.97 Å². The lowest BCUT2D eigenvalue weighted by molar-refractivity contribution is -0.142. The summed E-state index contributed by atoms with van der Waals surface area (Å²) in [5, 5.41) is 9.39. The molecule has 0 amide bonds. The van der Waals surface area contributed by atoms with Crippen LogP contribution in [0.5, 0.6) is 0 Å². The molecular weight excluding hydrogens is 246 g/mol. The zero-order chi connectivity index (χ0) is 13.0. The van der Waals surface area contributed by atoms with Crippen molar-refractivity contribution >= 4 is 17.7 Å². The summed E-state index contributed by atoms with van der Waals surface area (Å²) in [6, 6.07) is 0.363. The Hall–Kier alpha value is -0.220. The van der Waals surface area contributed by atoms with Crippen LogP contribution in [0.3, 0.4) is 0 Å².